The van der Waals surface area contributed by atoms with Crippen LogP contribution in [-0.2, 0) is 23.7 Å². The van der Waals surface area contributed by atoms with Crippen LogP contribution in [0.25, 0.3) is 22.3 Å². The first-order valence-electron chi connectivity index (χ1n) is 16.5. The summed E-state index contributed by atoms with van der Waals surface area (Å²) in [4.78, 5) is 0. The first kappa shape index (κ1) is 23.7. The van der Waals surface area contributed by atoms with Gasteiger partial charge in [-0.15, -0.1) is 0 Å². The molecule has 0 amide bonds. The average Bonchev–Trinajstić information content (AvgIpc) is 3.69. The first-order valence-corrected chi connectivity index (χ1v) is 16.5. The van der Waals surface area contributed by atoms with E-state index in [2.05, 4.69) is 144 Å². The lowest BCUT2D eigenvalue weighted by atomic mass is 9.46. The van der Waals surface area contributed by atoms with Crippen LogP contribution < -0.4 is 10.6 Å². The zero-order valence-corrected chi connectivity index (χ0v) is 25.1. The molecule has 13 rings (SSSR count). The molecular formula is C44H28N2. The lowest BCUT2D eigenvalue weighted by Crippen LogP contribution is -2.46. The molecule has 0 fully saturated rings. The van der Waals surface area contributed by atoms with E-state index in [1.807, 2.05) is 0 Å². The summed E-state index contributed by atoms with van der Waals surface area (Å²) in [7, 11) is 0. The number of nitrogens with one attached hydrogen (secondary N) is 2. The maximum Gasteiger partial charge on any atom is 0.0747 e. The highest BCUT2D eigenvalue weighted by Gasteiger charge is 2.72. The van der Waals surface area contributed by atoms with Crippen LogP contribution in [0.1, 0.15) is 55.6 Å². The molecule has 6 aromatic carbocycles. The molecule has 0 aliphatic heterocycles. The van der Waals surface area contributed by atoms with E-state index in [9.17, 15) is 0 Å². The number of hydrogen-bond acceptors (Lipinski definition) is 2. The molecule has 6 bridgehead atoms. The van der Waals surface area contributed by atoms with Crippen LogP contribution in [0, 0.1) is 0 Å². The smallest absolute Gasteiger partial charge is 0.0747 e. The van der Waals surface area contributed by atoms with Crippen molar-refractivity contribution in [1.82, 2.24) is 0 Å². The van der Waals surface area contributed by atoms with Gasteiger partial charge in [0.05, 0.1) is 10.8 Å². The van der Waals surface area contributed by atoms with Gasteiger partial charge >= 0.3 is 0 Å². The molecule has 7 aliphatic carbocycles. The zero-order valence-electron chi connectivity index (χ0n) is 25.1. The first-order chi connectivity index (χ1) is 22.8. The maximum atomic E-state index is 4.07. The van der Waals surface area contributed by atoms with Crippen molar-refractivity contribution < 1.29 is 0 Å². The average molecular weight is 585 g/mol. The largest absolute Gasteiger partial charge is 0.355 e. The molecule has 0 saturated carbocycles. The second-order valence-electron chi connectivity index (χ2n) is 13.6. The van der Waals surface area contributed by atoms with Gasteiger partial charge in [-0.25, -0.2) is 0 Å². The van der Waals surface area contributed by atoms with Crippen LogP contribution in [0.5, 0.6) is 0 Å². The molecule has 7 aliphatic rings. The van der Waals surface area contributed by atoms with Crippen LogP contribution in [0.4, 0.5) is 22.7 Å². The summed E-state index contributed by atoms with van der Waals surface area (Å²) < 4.78 is 0. The Labute approximate surface area is 267 Å². The van der Waals surface area contributed by atoms with E-state index in [1.165, 1.54) is 89.3 Å². The monoisotopic (exact) mass is 584 g/mol. The van der Waals surface area contributed by atoms with E-state index in [-0.39, 0.29) is 10.8 Å². The molecule has 2 heteroatoms. The molecule has 2 N–H and O–H groups in total. The number of anilines is 4. The summed E-state index contributed by atoms with van der Waals surface area (Å²) in [6, 6.07) is 44.6. The molecule has 0 radical (unpaired) electrons. The van der Waals surface area contributed by atoms with Gasteiger partial charge in [0.2, 0.25) is 0 Å². The van der Waals surface area contributed by atoms with Crippen molar-refractivity contribution in [1.29, 1.82) is 0 Å². The van der Waals surface area contributed by atoms with Gasteiger partial charge in [0.1, 0.15) is 0 Å². The Morgan fingerprint density at radius 3 is 1.67 bits per heavy atom. The third-order valence-electron chi connectivity index (χ3n) is 11.7. The molecular weight excluding hydrogens is 556 g/mol. The molecule has 2 atom stereocenters. The third-order valence-corrected chi connectivity index (χ3v) is 11.7. The Kier molecular flexibility index (Phi) is 4.02. The Morgan fingerprint density at radius 1 is 0.435 bits per heavy atom. The van der Waals surface area contributed by atoms with Crippen LogP contribution in [0.2, 0.25) is 0 Å². The van der Waals surface area contributed by atoms with Gasteiger partial charge in [-0.3, -0.25) is 0 Å². The molecule has 0 heterocycles. The maximum absolute atomic E-state index is 4.07. The van der Waals surface area contributed by atoms with Crippen molar-refractivity contribution in [3.05, 3.63) is 189 Å². The quantitative estimate of drug-likeness (QED) is 0.215. The Bertz CT molecular complexity index is 2470. The summed E-state index contributed by atoms with van der Waals surface area (Å²) in [5.41, 5.74) is 24.9. The van der Waals surface area contributed by atoms with E-state index < -0.39 is 0 Å². The SMILES string of the molecule is C1=C2c3c(Nc4ccccc4)ccc4c3C2(c2ccccc2C1)c1c(Nc2ccccc2)c2c3c-4c1C1=CCc4ccccc4C123. The number of allylic oxidation sites excluding steroid dienone is 4. The fourth-order valence-corrected chi connectivity index (χ4v) is 10.2. The number of para-hydroxylation sites is 2. The van der Waals surface area contributed by atoms with Gasteiger partial charge in [-0.2, -0.15) is 0 Å². The summed E-state index contributed by atoms with van der Waals surface area (Å²) in [6.07, 6.45) is 7.05. The molecule has 2 unspecified atom stereocenters. The van der Waals surface area contributed by atoms with Crippen molar-refractivity contribution in [2.24, 2.45) is 0 Å². The standard InChI is InChI=1S/C44H28N2/c1-3-13-27(14-4-1)45-34-24-21-29-35-37-33-23-20-26-12-8-10-18-31(26)44(33)39(35)41(44)42(46-28-15-5-2-6-16-28)40(37)43-30-17-9-7-11-25(30)19-22-32(43)36(34)38(29)43/h1-18,21-24,45-46H,19-20H2. The topological polar surface area (TPSA) is 24.1 Å². The number of benzene rings is 6. The van der Waals surface area contributed by atoms with Crippen molar-refractivity contribution in [3.63, 3.8) is 0 Å². The molecule has 0 saturated heterocycles. The van der Waals surface area contributed by atoms with Crippen LogP contribution in [-0.4, -0.2) is 0 Å². The van der Waals surface area contributed by atoms with E-state index in [1.54, 1.807) is 0 Å². The minimum atomic E-state index is -0.311. The second-order valence-corrected chi connectivity index (χ2v) is 13.6. The molecule has 46 heavy (non-hydrogen) atoms. The van der Waals surface area contributed by atoms with Gasteiger partial charge in [-0.05, 0) is 104 Å². The fraction of sp³-hybridized carbons (Fsp3) is 0.0909. The van der Waals surface area contributed by atoms with Gasteiger partial charge in [-0.1, -0.05) is 103 Å². The normalized spacial score (nSPS) is 21.7. The Balaban J connectivity index is 1.22. The molecule has 6 aromatic rings. The predicted octanol–water partition coefficient (Wildman–Crippen LogP) is 10.0. The molecule has 2 nitrogen and oxygen atoms in total. The summed E-state index contributed by atoms with van der Waals surface area (Å²) in [6.45, 7) is 0. The zero-order chi connectivity index (χ0) is 29.8. The van der Waals surface area contributed by atoms with Gasteiger partial charge < -0.3 is 10.6 Å². The van der Waals surface area contributed by atoms with E-state index in [0.29, 0.717) is 0 Å². The number of hydrogen-bond donors (Lipinski definition) is 2. The van der Waals surface area contributed by atoms with E-state index in [4.69, 9.17) is 0 Å². The van der Waals surface area contributed by atoms with Crippen molar-refractivity contribution in [2.45, 2.75) is 23.7 Å². The highest BCUT2D eigenvalue weighted by atomic mass is 14.9. The third kappa shape index (κ3) is 2.41. The van der Waals surface area contributed by atoms with Crippen molar-refractivity contribution >= 4 is 33.9 Å². The van der Waals surface area contributed by atoms with Crippen LogP contribution in [0.3, 0.4) is 0 Å². The second kappa shape index (κ2) is 7.78. The molecule has 0 aromatic heterocycles. The van der Waals surface area contributed by atoms with Crippen molar-refractivity contribution in [2.75, 3.05) is 10.6 Å². The Hall–Kier alpha value is -5.60. The Morgan fingerprint density at radius 2 is 1.00 bits per heavy atom. The van der Waals surface area contributed by atoms with Gasteiger partial charge in [0.25, 0.3) is 0 Å². The van der Waals surface area contributed by atoms with Gasteiger partial charge in [0.15, 0.2) is 0 Å². The van der Waals surface area contributed by atoms with Crippen LogP contribution >= 0.6 is 0 Å². The summed E-state index contributed by atoms with van der Waals surface area (Å²) in [5.74, 6) is 0. The molecule has 2 spiro atoms. The highest BCUT2D eigenvalue weighted by molar-refractivity contribution is 6.22. The minimum absolute atomic E-state index is 0.132. The lowest BCUT2D eigenvalue weighted by molar-refractivity contribution is 0.714. The summed E-state index contributed by atoms with van der Waals surface area (Å²) >= 11 is 0. The van der Waals surface area contributed by atoms with E-state index >= 15 is 0 Å². The van der Waals surface area contributed by atoms with Crippen LogP contribution in [0.15, 0.2) is 133 Å². The van der Waals surface area contributed by atoms with Crippen molar-refractivity contribution in [3.8, 4) is 11.1 Å². The minimum Gasteiger partial charge on any atom is -0.355 e. The number of rotatable bonds is 4. The summed E-state index contributed by atoms with van der Waals surface area (Å²) in [5, 5.41) is 7.89. The molecule has 214 valence electrons. The highest BCUT2D eigenvalue weighted by Crippen LogP contribution is 2.83. The fourth-order valence-electron chi connectivity index (χ4n) is 10.2. The number of fused-ring (bicyclic) bond motifs is 3. The lowest BCUT2D eigenvalue weighted by Gasteiger charge is -2.56. The predicted molar refractivity (Wildman–Crippen MR) is 187 cm³/mol. The van der Waals surface area contributed by atoms with E-state index in [0.717, 1.165) is 24.2 Å². The van der Waals surface area contributed by atoms with Gasteiger partial charge in [0, 0.05) is 39.4 Å².